The first-order valence-corrected chi connectivity index (χ1v) is 9.01. The predicted octanol–water partition coefficient (Wildman–Crippen LogP) is 2.03. The fourth-order valence-corrected chi connectivity index (χ4v) is 3.36. The van der Waals surface area contributed by atoms with Crippen LogP contribution in [0.1, 0.15) is 30.1 Å². The Bertz CT molecular complexity index is 821. The first-order chi connectivity index (χ1) is 12.8. The van der Waals surface area contributed by atoms with Gasteiger partial charge in [-0.05, 0) is 12.8 Å². The smallest absolute Gasteiger partial charge is 0.159 e. The Balaban J connectivity index is 1.33. The molecule has 4 rings (SSSR count). The van der Waals surface area contributed by atoms with Crippen LogP contribution in [-0.4, -0.2) is 43.0 Å². The number of nitrogens with zero attached hydrogens (tertiary/aromatic N) is 6. The van der Waals surface area contributed by atoms with E-state index in [-0.39, 0.29) is 0 Å². The lowest BCUT2D eigenvalue weighted by molar-refractivity contribution is 0.172. The summed E-state index contributed by atoms with van der Waals surface area (Å²) in [6, 6.07) is 10.5. The molecule has 0 amide bonds. The van der Waals surface area contributed by atoms with Crippen molar-refractivity contribution in [3.8, 4) is 11.4 Å². The van der Waals surface area contributed by atoms with E-state index in [1.807, 2.05) is 53.6 Å². The summed E-state index contributed by atoms with van der Waals surface area (Å²) in [6.45, 7) is 3.39. The Morgan fingerprint density at radius 1 is 1.04 bits per heavy atom. The minimum absolute atomic E-state index is 0.413. The zero-order chi connectivity index (χ0) is 17.8. The predicted molar refractivity (Wildman–Crippen MR) is 98.9 cm³/mol. The molecule has 0 spiro atoms. The van der Waals surface area contributed by atoms with Gasteiger partial charge < -0.3 is 5.73 Å². The molecule has 2 N–H and O–H groups in total. The lowest BCUT2D eigenvalue weighted by Gasteiger charge is -2.31. The molecule has 26 heavy (non-hydrogen) atoms. The zero-order valence-electron chi connectivity index (χ0n) is 14.7. The van der Waals surface area contributed by atoms with E-state index in [4.69, 9.17) is 5.73 Å². The second kappa shape index (κ2) is 7.72. The molecule has 134 valence electrons. The third kappa shape index (κ3) is 3.79. The average molecular weight is 349 g/mol. The molecule has 0 atom stereocenters. The van der Waals surface area contributed by atoms with E-state index in [2.05, 4.69) is 25.2 Å². The molecule has 0 radical (unpaired) electrons. The van der Waals surface area contributed by atoms with Crippen LogP contribution in [-0.2, 0) is 13.1 Å². The summed E-state index contributed by atoms with van der Waals surface area (Å²) in [5, 5.41) is 8.29. The third-order valence-electron chi connectivity index (χ3n) is 4.84. The molecule has 7 heteroatoms. The first kappa shape index (κ1) is 16.8. The second-order valence-corrected chi connectivity index (χ2v) is 6.68. The summed E-state index contributed by atoms with van der Waals surface area (Å²) >= 11 is 0. The van der Waals surface area contributed by atoms with Gasteiger partial charge >= 0.3 is 0 Å². The van der Waals surface area contributed by atoms with Crippen LogP contribution in [0.2, 0.25) is 0 Å². The van der Waals surface area contributed by atoms with E-state index in [0.29, 0.717) is 12.6 Å². The van der Waals surface area contributed by atoms with Crippen molar-refractivity contribution in [3.05, 3.63) is 60.2 Å². The fourth-order valence-electron chi connectivity index (χ4n) is 3.36. The number of aromatic nitrogens is 5. The van der Waals surface area contributed by atoms with E-state index in [1.54, 1.807) is 0 Å². The number of nitrogens with two attached hydrogens (primary N) is 1. The van der Waals surface area contributed by atoms with Crippen LogP contribution < -0.4 is 5.73 Å². The highest BCUT2D eigenvalue weighted by molar-refractivity contribution is 5.53. The van der Waals surface area contributed by atoms with Crippen LogP contribution in [0.5, 0.6) is 0 Å². The first-order valence-electron chi connectivity index (χ1n) is 9.01. The van der Waals surface area contributed by atoms with Crippen molar-refractivity contribution in [3.63, 3.8) is 0 Å². The number of rotatable bonds is 5. The molecular weight excluding hydrogens is 326 g/mol. The van der Waals surface area contributed by atoms with Gasteiger partial charge in [-0.25, -0.2) is 14.6 Å². The van der Waals surface area contributed by atoms with Crippen molar-refractivity contribution in [2.45, 2.75) is 32.0 Å². The van der Waals surface area contributed by atoms with Gasteiger partial charge in [0.1, 0.15) is 0 Å². The van der Waals surface area contributed by atoms with Crippen molar-refractivity contribution in [2.75, 3.05) is 13.1 Å². The fraction of sp³-hybridized carbons (Fsp3) is 0.368. The Labute approximate surface area is 152 Å². The van der Waals surface area contributed by atoms with Crippen molar-refractivity contribution in [1.82, 2.24) is 29.9 Å². The van der Waals surface area contributed by atoms with Crippen molar-refractivity contribution in [1.29, 1.82) is 0 Å². The number of likely N-dealkylation sites (tertiary alicyclic amines) is 1. The molecule has 1 aromatic carbocycles. The Morgan fingerprint density at radius 2 is 1.77 bits per heavy atom. The molecule has 0 aliphatic carbocycles. The lowest BCUT2D eigenvalue weighted by Crippen LogP contribution is -2.34. The standard InChI is InChI=1S/C19H23N7/c20-10-17-14-26(24-23-17)18-6-8-25(9-7-18)13-15-11-21-19(22-12-15)16-4-2-1-3-5-16/h1-5,11-12,14,18H,6-10,13,20H2. The topological polar surface area (TPSA) is 85.8 Å². The summed E-state index contributed by atoms with van der Waals surface area (Å²) in [6.07, 6.45) is 7.97. The van der Waals surface area contributed by atoms with Gasteiger partial charge in [-0.2, -0.15) is 0 Å². The highest BCUT2D eigenvalue weighted by Gasteiger charge is 2.21. The Hall–Kier alpha value is -2.64. The van der Waals surface area contributed by atoms with Gasteiger partial charge in [0, 0.05) is 49.7 Å². The van der Waals surface area contributed by atoms with Crippen molar-refractivity contribution < 1.29 is 0 Å². The average Bonchev–Trinajstić information content (AvgIpc) is 3.19. The molecule has 3 aromatic rings. The van der Waals surface area contributed by atoms with E-state index in [0.717, 1.165) is 55.1 Å². The van der Waals surface area contributed by atoms with E-state index < -0.39 is 0 Å². The Kier molecular flexibility index (Phi) is 4.99. The maximum Gasteiger partial charge on any atom is 0.159 e. The number of benzene rings is 1. The SMILES string of the molecule is NCc1cn(C2CCN(Cc3cnc(-c4ccccc4)nc3)CC2)nn1. The highest BCUT2D eigenvalue weighted by atomic mass is 15.4. The van der Waals surface area contributed by atoms with E-state index >= 15 is 0 Å². The molecule has 1 aliphatic rings. The van der Waals surface area contributed by atoms with Crippen LogP contribution in [0.3, 0.4) is 0 Å². The van der Waals surface area contributed by atoms with Crippen molar-refractivity contribution >= 4 is 0 Å². The normalized spacial score (nSPS) is 16.0. The minimum Gasteiger partial charge on any atom is -0.325 e. The van der Waals surface area contributed by atoms with Gasteiger partial charge in [0.25, 0.3) is 0 Å². The summed E-state index contributed by atoms with van der Waals surface area (Å²) in [5.41, 5.74) is 8.66. The highest BCUT2D eigenvalue weighted by Crippen LogP contribution is 2.23. The van der Waals surface area contributed by atoms with Crippen LogP contribution in [0, 0.1) is 0 Å². The summed E-state index contributed by atoms with van der Waals surface area (Å²) in [4.78, 5) is 11.5. The molecule has 1 aliphatic heterocycles. The molecule has 0 saturated carbocycles. The second-order valence-electron chi connectivity index (χ2n) is 6.68. The number of hydrogen-bond donors (Lipinski definition) is 1. The van der Waals surface area contributed by atoms with E-state index in [1.165, 1.54) is 0 Å². The lowest BCUT2D eigenvalue weighted by atomic mass is 10.0. The van der Waals surface area contributed by atoms with Crippen LogP contribution >= 0.6 is 0 Å². The third-order valence-corrected chi connectivity index (χ3v) is 4.84. The van der Waals surface area contributed by atoms with Gasteiger partial charge in [0.05, 0.1) is 17.9 Å². The number of piperidine rings is 1. The molecule has 2 aromatic heterocycles. The summed E-state index contributed by atoms with van der Waals surface area (Å²) in [7, 11) is 0. The molecule has 1 saturated heterocycles. The molecule has 0 unspecified atom stereocenters. The molecule has 7 nitrogen and oxygen atoms in total. The summed E-state index contributed by atoms with van der Waals surface area (Å²) < 4.78 is 1.97. The van der Waals surface area contributed by atoms with Gasteiger partial charge in [-0.3, -0.25) is 4.90 Å². The molecule has 3 heterocycles. The maximum atomic E-state index is 5.61. The van der Waals surface area contributed by atoms with Gasteiger partial charge in [0.15, 0.2) is 5.82 Å². The van der Waals surface area contributed by atoms with Gasteiger partial charge in [-0.15, -0.1) is 5.10 Å². The van der Waals surface area contributed by atoms with Crippen LogP contribution in [0.15, 0.2) is 48.9 Å². The van der Waals surface area contributed by atoms with Crippen LogP contribution in [0.4, 0.5) is 0 Å². The quantitative estimate of drug-likeness (QED) is 0.758. The zero-order valence-corrected chi connectivity index (χ0v) is 14.7. The van der Waals surface area contributed by atoms with Crippen LogP contribution in [0.25, 0.3) is 11.4 Å². The molecule has 0 bridgehead atoms. The number of hydrogen-bond acceptors (Lipinski definition) is 6. The maximum absolute atomic E-state index is 5.61. The molecule has 1 fully saturated rings. The Morgan fingerprint density at radius 3 is 2.42 bits per heavy atom. The van der Waals surface area contributed by atoms with Crippen molar-refractivity contribution in [2.24, 2.45) is 5.73 Å². The van der Waals surface area contributed by atoms with E-state index in [9.17, 15) is 0 Å². The summed E-state index contributed by atoms with van der Waals surface area (Å²) in [5.74, 6) is 0.773. The molecular formula is C19H23N7. The van der Waals surface area contributed by atoms with Gasteiger partial charge in [0.2, 0.25) is 0 Å². The minimum atomic E-state index is 0.413. The largest absolute Gasteiger partial charge is 0.325 e. The van der Waals surface area contributed by atoms with Gasteiger partial charge in [-0.1, -0.05) is 35.5 Å². The monoisotopic (exact) mass is 349 g/mol.